The van der Waals surface area contributed by atoms with Crippen molar-refractivity contribution in [1.29, 1.82) is 0 Å². The van der Waals surface area contributed by atoms with E-state index in [0.29, 0.717) is 32.5 Å². The first kappa shape index (κ1) is 65.5. The van der Waals surface area contributed by atoms with Crippen molar-refractivity contribution in [2.45, 2.75) is 304 Å². The molecule has 0 N–H and O–H groups in total. The predicted molar refractivity (Wildman–Crippen MR) is 317 cm³/mol. The summed E-state index contributed by atoms with van der Waals surface area (Å²) in [6.07, 6.45) is 25.6. The van der Waals surface area contributed by atoms with Crippen LogP contribution in [-0.2, 0) is 0 Å². The van der Waals surface area contributed by atoms with Gasteiger partial charge in [0.2, 0.25) is 0 Å². The molecule has 0 aromatic heterocycles. The number of fused-ring (bicyclic) bond motifs is 15. The lowest BCUT2D eigenvalue weighted by Gasteiger charge is -2.28. The number of hydrogen-bond acceptors (Lipinski definition) is 0. The molecule has 0 nitrogen and oxygen atoms in total. The Labute approximate surface area is 436 Å². The molecule has 0 saturated heterocycles. The molecule has 9 aliphatic carbocycles. The molecule has 9 rings (SSSR count). The number of hydrogen-bond donors (Lipinski definition) is 0. The molecule has 69 heavy (non-hydrogen) atoms. The molecular weight excluding hydrogens is 829 g/mol. The average molecular weight is 956 g/mol. The van der Waals surface area contributed by atoms with Crippen LogP contribution in [0.5, 0.6) is 0 Å². The first-order valence-corrected chi connectivity index (χ1v) is 29.0. The smallest absolute Gasteiger partial charge is 0.00859 e. The van der Waals surface area contributed by atoms with Crippen LogP contribution in [0.3, 0.4) is 0 Å². The van der Waals surface area contributed by atoms with Gasteiger partial charge in [0.25, 0.3) is 0 Å². The van der Waals surface area contributed by atoms with Crippen molar-refractivity contribution in [3.05, 3.63) is 66.9 Å². The van der Waals surface area contributed by atoms with E-state index in [-0.39, 0.29) is 22.3 Å². The second-order valence-electron chi connectivity index (χ2n) is 28.1. The van der Waals surface area contributed by atoms with Crippen LogP contribution in [0.1, 0.15) is 304 Å². The fourth-order valence-corrected chi connectivity index (χ4v) is 14.5. The first-order valence-electron chi connectivity index (χ1n) is 29.0. The Hall–Kier alpha value is -1.56. The van der Waals surface area contributed by atoms with Gasteiger partial charge in [-0.15, -0.1) is 0 Å². The van der Waals surface area contributed by atoms with Gasteiger partial charge in [0.1, 0.15) is 0 Å². The highest BCUT2D eigenvalue weighted by Crippen LogP contribution is 2.63. The SMILES string of the molecule is C.C.C.CC.CC.CC.CC(C)(C)C1=C2C(=C(C(C)(C)C)C1)C1CCCCC2C1.CC(C)(C)C1=C2C(=C(C(C)(C)C)C1)C1CCCCC2C1.CC(C)(C)C1=C2C(=C(C(C)(C)C)C1)C1CCCCC2C1. The van der Waals surface area contributed by atoms with Crippen molar-refractivity contribution in [3.63, 3.8) is 0 Å². The topological polar surface area (TPSA) is 0 Å². The molecule has 6 saturated carbocycles. The average Bonchev–Trinajstić information content (AvgIpc) is 3.99. The molecule has 0 aromatic rings. The van der Waals surface area contributed by atoms with Gasteiger partial charge in [-0.25, -0.2) is 0 Å². The minimum atomic E-state index is 0. The van der Waals surface area contributed by atoms with Gasteiger partial charge in [-0.05, 0) is 178 Å². The lowest BCUT2D eigenvalue weighted by atomic mass is 9.77. The van der Waals surface area contributed by atoms with Crippen molar-refractivity contribution in [2.75, 3.05) is 0 Å². The standard InChI is InChI=1S/3C20H32.3C2H6.3CH4/c3*1-19(2,3)15-12-16(20(4,5)6)18-14-10-8-7-9-13(11-14)17(15)18;3*1-2;;;/h3*13-14H,7-12H2,1-6H3;3*1-2H3;3*1H4. The molecule has 6 atom stereocenters. The Morgan fingerprint density at radius 1 is 0.232 bits per heavy atom. The summed E-state index contributed by atoms with van der Waals surface area (Å²) < 4.78 is 0. The summed E-state index contributed by atoms with van der Waals surface area (Å²) in [4.78, 5) is 0. The van der Waals surface area contributed by atoms with Crippen LogP contribution >= 0.6 is 0 Å². The molecule has 6 fully saturated rings. The fraction of sp³-hybridized carbons (Fsp3) is 0.826. The third kappa shape index (κ3) is 14.2. The maximum absolute atomic E-state index is 2.43. The lowest BCUT2D eigenvalue weighted by molar-refractivity contribution is 0.438. The van der Waals surface area contributed by atoms with Crippen LogP contribution in [-0.4, -0.2) is 0 Å². The van der Waals surface area contributed by atoms with Gasteiger partial charge in [-0.2, -0.15) is 0 Å². The maximum atomic E-state index is 2.43. The maximum Gasteiger partial charge on any atom is -0.00859 e. The zero-order chi connectivity index (χ0) is 50.1. The highest BCUT2D eigenvalue weighted by atomic mass is 14.5. The molecule has 0 radical (unpaired) electrons. The molecule has 0 heteroatoms. The van der Waals surface area contributed by atoms with E-state index in [2.05, 4.69) is 125 Å². The molecule has 0 aromatic carbocycles. The number of allylic oxidation sites excluding steroid dienone is 12. The minimum Gasteiger partial charge on any atom is -0.0776 e. The van der Waals surface area contributed by atoms with Gasteiger partial charge in [-0.3, -0.25) is 0 Å². The van der Waals surface area contributed by atoms with Gasteiger partial charge < -0.3 is 0 Å². The van der Waals surface area contributed by atoms with Crippen molar-refractivity contribution < 1.29 is 0 Å². The molecule has 6 bridgehead atoms. The van der Waals surface area contributed by atoms with E-state index in [1.165, 1.54) is 116 Å². The summed E-state index contributed by atoms with van der Waals surface area (Å²) in [6, 6.07) is 0. The normalized spacial score (nSPS) is 27.1. The molecule has 402 valence electrons. The van der Waals surface area contributed by atoms with E-state index in [1.54, 1.807) is 33.4 Å². The Balaban J connectivity index is 0.000000480. The Bertz CT molecular complexity index is 1510. The highest BCUT2D eigenvalue weighted by molar-refractivity contribution is 5.58. The summed E-state index contributed by atoms with van der Waals surface area (Å²) in [5.74, 6) is 5.37. The van der Waals surface area contributed by atoms with E-state index in [0.717, 1.165) is 35.5 Å². The molecular formula is C69H126. The van der Waals surface area contributed by atoms with E-state index >= 15 is 0 Å². The molecule has 6 unspecified atom stereocenters. The Morgan fingerprint density at radius 3 is 0.449 bits per heavy atom. The zero-order valence-electron chi connectivity index (χ0n) is 49.2. The largest absolute Gasteiger partial charge is 0.0776 e. The van der Waals surface area contributed by atoms with Crippen LogP contribution in [0.25, 0.3) is 0 Å². The minimum absolute atomic E-state index is 0. The van der Waals surface area contributed by atoms with Crippen molar-refractivity contribution in [3.8, 4) is 0 Å². The third-order valence-electron chi connectivity index (χ3n) is 17.5. The predicted octanol–water partition coefficient (Wildman–Crippen LogP) is 23.8. The van der Waals surface area contributed by atoms with Gasteiger partial charge in [0, 0.05) is 0 Å². The Morgan fingerprint density at radius 2 is 0.348 bits per heavy atom. The van der Waals surface area contributed by atoms with Crippen molar-refractivity contribution in [2.24, 2.45) is 68.0 Å². The van der Waals surface area contributed by atoms with E-state index in [9.17, 15) is 0 Å². The number of rotatable bonds is 0. The van der Waals surface area contributed by atoms with Gasteiger partial charge in [0.05, 0.1) is 0 Å². The van der Waals surface area contributed by atoms with Crippen LogP contribution in [0.2, 0.25) is 0 Å². The van der Waals surface area contributed by atoms with Gasteiger partial charge in [0.15, 0.2) is 0 Å². The van der Waals surface area contributed by atoms with Crippen LogP contribution < -0.4 is 0 Å². The molecule has 0 amide bonds. The summed E-state index contributed by atoms with van der Waals surface area (Å²) in [6.45, 7) is 55.7. The molecule has 0 aliphatic heterocycles. The molecule has 0 heterocycles. The summed E-state index contributed by atoms with van der Waals surface area (Å²) in [5, 5.41) is 0. The summed E-state index contributed by atoms with van der Waals surface area (Å²) in [5.41, 5.74) is 23.8. The van der Waals surface area contributed by atoms with Gasteiger partial charge >= 0.3 is 0 Å². The van der Waals surface area contributed by atoms with E-state index < -0.39 is 0 Å². The fourth-order valence-electron chi connectivity index (χ4n) is 14.5. The van der Waals surface area contributed by atoms with Crippen molar-refractivity contribution >= 4 is 0 Å². The van der Waals surface area contributed by atoms with Crippen molar-refractivity contribution in [1.82, 2.24) is 0 Å². The Kier molecular flexibility index (Phi) is 23.8. The monoisotopic (exact) mass is 955 g/mol. The highest BCUT2D eigenvalue weighted by Gasteiger charge is 2.48. The quantitative estimate of drug-likeness (QED) is 0.227. The molecule has 0 spiro atoms. The second-order valence-corrected chi connectivity index (χ2v) is 28.1. The third-order valence-corrected chi connectivity index (χ3v) is 17.5. The van der Waals surface area contributed by atoms with Gasteiger partial charge in [-0.1, -0.05) is 260 Å². The first-order chi connectivity index (χ1) is 30.6. The van der Waals surface area contributed by atoms with E-state index in [4.69, 9.17) is 0 Å². The zero-order valence-corrected chi connectivity index (χ0v) is 49.2. The summed E-state index contributed by atoms with van der Waals surface area (Å²) >= 11 is 0. The molecule has 9 aliphatic rings. The van der Waals surface area contributed by atoms with Crippen LogP contribution in [0.15, 0.2) is 66.9 Å². The van der Waals surface area contributed by atoms with Crippen LogP contribution in [0.4, 0.5) is 0 Å². The van der Waals surface area contributed by atoms with Crippen LogP contribution in [0, 0.1) is 68.0 Å². The summed E-state index contributed by atoms with van der Waals surface area (Å²) in [7, 11) is 0. The van der Waals surface area contributed by atoms with E-state index in [1.807, 2.05) is 75.0 Å². The second kappa shape index (κ2) is 25.1. The lowest BCUT2D eigenvalue weighted by Crippen LogP contribution is -2.15.